The maximum absolute atomic E-state index is 12.2. The van der Waals surface area contributed by atoms with E-state index in [9.17, 15) is 18.0 Å². The summed E-state index contributed by atoms with van der Waals surface area (Å²) in [7, 11) is 1.69. The summed E-state index contributed by atoms with van der Waals surface area (Å²) in [5.74, 6) is -0.274. The Bertz CT molecular complexity index is 888. The molecule has 1 aromatic carbocycles. The molecule has 10 heteroatoms. The summed E-state index contributed by atoms with van der Waals surface area (Å²) in [4.78, 5) is 16.3. The number of thiazole rings is 1. The van der Waals surface area contributed by atoms with E-state index in [0.29, 0.717) is 20.9 Å². The van der Waals surface area contributed by atoms with Crippen LogP contribution in [0.3, 0.4) is 0 Å². The number of rotatable bonds is 4. The molecule has 0 radical (unpaired) electrons. The number of ether oxygens (including phenoxy) is 1. The standard InChI is InChI=1S/C14H11F3N4O2S/c1-21-6-8(5-18-21)12(22)20-13-19-10-3-2-9(4-11(10)24-13)23-7-14(15,16)17/h2-6H,7H2,1H3,(H,19,20,22). The lowest BCUT2D eigenvalue weighted by molar-refractivity contribution is -0.153. The molecule has 3 aromatic rings. The molecule has 0 aliphatic heterocycles. The van der Waals surface area contributed by atoms with Crippen molar-refractivity contribution in [2.45, 2.75) is 6.18 Å². The zero-order valence-corrected chi connectivity index (χ0v) is 13.1. The first-order valence-corrected chi connectivity index (χ1v) is 7.52. The summed E-state index contributed by atoms with van der Waals surface area (Å²) in [6, 6.07) is 4.40. The average Bonchev–Trinajstić information content (AvgIpc) is 3.09. The van der Waals surface area contributed by atoms with E-state index in [2.05, 4.69) is 15.4 Å². The van der Waals surface area contributed by atoms with Crippen molar-refractivity contribution >= 4 is 32.6 Å². The fraction of sp³-hybridized carbons (Fsp3) is 0.214. The topological polar surface area (TPSA) is 69.0 Å². The number of fused-ring (bicyclic) bond motifs is 1. The van der Waals surface area contributed by atoms with E-state index in [0.717, 1.165) is 11.3 Å². The molecule has 0 spiro atoms. The summed E-state index contributed by atoms with van der Waals surface area (Å²) in [5.41, 5.74) is 0.937. The van der Waals surface area contributed by atoms with Crippen LogP contribution in [0, 0.1) is 0 Å². The van der Waals surface area contributed by atoms with Crippen molar-refractivity contribution in [2.24, 2.45) is 7.05 Å². The Labute approximate surface area is 137 Å². The highest BCUT2D eigenvalue weighted by Gasteiger charge is 2.28. The summed E-state index contributed by atoms with van der Waals surface area (Å²) in [5, 5.41) is 6.88. The number of aromatic nitrogens is 3. The van der Waals surface area contributed by atoms with Gasteiger partial charge in [-0.3, -0.25) is 14.8 Å². The van der Waals surface area contributed by atoms with Crippen molar-refractivity contribution in [1.29, 1.82) is 0 Å². The number of carbonyl (C=O) groups excluding carboxylic acids is 1. The van der Waals surface area contributed by atoms with Gasteiger partial charge in [0.05, 0.1) is 22.0 Å². The van der Waals surface area contributed by atoms with Crippen LogP contribution in [-0.2, 0) is 7.05 Å². The molecule has 6 nitrogen and oxygen atoms in total. The van der Waals surface area contributed by atoms with Gasteiger partial charge in [-0.2, -0.15) is 18.3 Å². The van der Waals surface area contributed by atoms with Crippen molar-refractivity contribution in [3.05, 3.63) is 36.2 Å². The summed E-state index contributed by atoms with van der Waals surface area (Å²) < 4.78 is 43.3. The highest BCUT2D eigenvalue weighted by molar-refractivity contribution is 7.22. The van der Waals surface area contributed by atoms with E-state index in [1.54, 1.807) is 13.2 Å². The summed E-state index contributed by atoms with van der Waals surface area (Å²) in [6.45, 7) is -1.36. The maximum atomic E-state index is 12.2. The Hall–Kier alpha value is -2.62. The molecule has 3 rings (SSSR count). The van der Waals surface area contributed by atoms with Gasteiger partial charge in [-0.1, -0.05) is 11.3 Å². The zero-order valence-electron chi connectivity index (χ0n) is 12.3. The minimum absolute atomic E-state index is 0.0913. The van der Waals surface area contributed by atoms with Crippen LogP contribution < -0.4 is 10.1 Å². The molecule has 126 valence electrons. The number of hydrogen-bond acceptors (Lipinski definition) is 5. The molecule has 0 fully saturated rings. The molecule has 1 N–H and O–H groups in total. The van der Waals surface area contributed by atoms with Gasteiger partial charge in [0.1, 0.15) is 5.75 Å². The van der Waals surface area contributed by atoms with E-state index in [1.165, 1.54) is 29.1 Å². The minimum Gasteiger partial charge on any atom is -0.484 e. The number of nitrogens with zero attached hydrogens (tertiary/aromatic N) is 3. The normalized spacial score (nSPS) is 11.7. The number of hydrogen-bond donors (Lipinski definition) is 1. The highest BCUT2D eigenvalue weighted by atomic mass is 32.1. The Balaban J connectivity index is 1.75. The minimum atomic E-state index is -4.40. The van der Waals surface area contributed by atoms with Crippen LogP contribution in [0.1, 0.15) is 10.4 Å². The molecule has 0 saturated heterocycles. The number of anilines is 1. The zero-order chi connectivity index (χ0) is 17.3. The van der Waals surface area contributed by atoms with E-state index in [-0.39, 0.29) is 11.7 Å². The van der Waals surface area contributed by atoms with Gasteiger partial charge in [0.25, 0.3) is 5.91 Å². The first-order valence-electron chi connectivity index (χ1n) is 6.70. The number of carbonyl (C=O) groups is 1. The second-order valence-electron chi connectivity index (χ2n) is 4.91. The first kappa shape index (κ1) is 16.2. The van der Waals surface area contributed by atoms with Crippen molar-refractivity contribution in [2.75, 3.05) is 11.9 Å². The van der Waals surface area contributed by atoms with Gasteiger partial charge in [0.2, 0.25) is 0 Å². The third-order valence-electron chi connectivity index (χ3n) is 2.95. The van der Waals surface area contributed by atoms with Gasteiger partial charge >= 0.3 is 6.18 Å². The molecule has 0 unspecified atom stereocenters. The number of halogens is 3. The van der Waals surface area contributed by atoms with Crippen LogP contribution in [0.2, 0.25) is 0 Å². The number of aryl methyl sites for hydroxylation is 1. The van der Waals surface area contributed by atoms with Gasteiger partial charge in [-0.15, -0.1) is 0 Å². The monoisotopic (exact) mass is 356 g/mol. The molecule has 2 heterocycles. The van der Waals surface area contributed by atoms with E-state index in [1.807, 2.05) is 0 Å². The molecule has 0 atom stereocenters. The largest absolute Gasteiger partial charge is 0.484 e. The maximum Gasteiger partial charge on any atom is 0.422 e. The van der Waals surface area contributed by atoms with Gasteiger partial charge in [-0.25, -0.2) is 4.98 Å². The fourth-order valence-electron chi connectivity index (χ4n) is 1.92. The lowest BCUT2D eigenvalue weighted by Crippen LogP contribution is -2.19. The second kappa shape index (κ2) is 6.11. The quantitative estimate of drug-likeness (QED) is 0.779. The van der Waals surface area contributed by atoms with Gasteiger partial charge in [0.15, 0.2) is 11.7 Å². The number of alkyl halides is 3. The molecular formula is C14H11F3N4O2S. The van der Waals surface area contributed by atoms with Gasteiger partial charge in [-0.05, 0) is 18.2 Å². The van der Waals surface area contributed by atoms with Crippen molar-refractivity contribution in [3.8, 4) is 5.75 Å². The number of amides is 1. The Morgan fingerprint density at radius 2 is 2.21 bits per heavy atom. The van der Waals surface area contributed by atoms with Crippen LogP contribution >= 0.6 is 11.3 Å². The van der Waals surface area contributed by atoms with E-state index >= 15 is 0 Å². The van der Waals surface area contributed by atoms with Crippen LogP contribution in [-0.4, -0.2) is 33.5 Å². The molecule has 0 saturated carbocycles. The van der Waals surface area contributed by atoms with Crippen LogP contribution in [0.4, 0.5) is 18.3 Å². The Morgan fingerprint density at radius 1 is 1.42 bits per heavy atom. The molecule has 0 aliphatic carbocycles. The fourth-order valence-corrected chi connectivity index (χ4v) is 2.81. The van der Waals surface area contributed by atoms with Crippen LogP contribution in [0.25, 0.3) is 10.2 Å². The third kappa shape index (κ3) is 3.82. The van der Waals surface area contributed by atoms with Crippen molar-refractivity contribution in [1.82, 2.24) is 14.8 Å². The van der Waals surface area contributed by atoms with Crippen molar-refractivity contribution in [3.63, 3.8) is 0 Å². The Kier molecular flexibility index (Phi) is 4.14. The second-order valence-corrected chi connectivity index (χ2v) is 5.94. The molecular weight excluding hydrogens is 345 g/mol. The van der Waals surface area contributed by atoms with Crippen LogP contribution in [0.5, 0.6) is 5.75 Å². The lowest BCUT2D eigenvalue weighted by Gasteiger charge is -2.08. The highest BCUT2D eigenvalue weighted by Crippen LogP contribution is 2.30. The predicted molar refractivity (Wildman–Crippen MR) is 82.3 cm³/mol. The molecule has 1 amide bonds. The SMILES string of the molecule is Cn1cc(C(=O)Nc2nc3ccc(OCC(F)(F)F)cc3s2)cn1. The number of nitrogens with one attached hydrogen (secondary N) is 1. The summed E-state index contributed by atoms with van der Waals surface area (Å²) in [6.07, 6.45) is -1.41. The van der Waals surface area contributed by atoms with E-state index < -0.39 is 12.8 Å². The predicted octanol–water partition coefficient (Wildman–Crippen LogP) is 3.22. The van der Waals surface area contributed by atoms with Crippen LogP contribution in [0.15, 0.2) is 30.6 Å². The molecule has 24 heavy (non-hydrogen) atoms. The molecule has 2 aromatic heterocycles. The number of benzene rings is 1. The van der Waals surface area contributed by atoms with E-state index in [4.69, 9.17) is 4.74 Å². The third-order valence-corrected chi connectivity index (χ3v) is 3.88. The first-order chi connectivity index (χ1) is 11.3. The summed E-state index contributed by atoms with van der Waals surface area (Å²) >= 11 is 1.14. The van der Waals surface area contributed by atoms with Gasteiger partial charge < -0.3 is 4.74 Å². The smallest absolute Gasteiger partial charge is 0.422 e. The lowest BCUT2D eigenvalue weighted by atomic mass is 10.3. The van der Waals surface area contributed by atoms with Gasteiger partial charge in [0, 0.05) is 13.2 Å². The van der Waals surface area contributed by atoms with Crippen molar-refractivity contribution < 1.29 is 22.7 Å². The molecule has 0 aliphatic rings. The average molecular weight is 356 g/mol. The molecule has 0 bridgehead atoms. The Morgan fingerprint density at radius 3 is 2.88 bits per heavy atom.